The van der Waals surface area contributed by atoms with Gasteiger partial charge in [0, 0.05) is 59.8 Å². The fraction of sp³-hybridized carbons (Fsp3) is 0.441. The summed E-state index contributed by atoms with van der Waals surface area (Å²) in [5.74, 6) is -2.85. The maximum absolute atomic E-state index is 16.9. The minimum absolute atomic E-state index is 0.0788. The highest BCUT2D eigenvalue weighted by molar-refractivity contribution is 6.35. The number of oxime groups is 1. The van der Waals surface area contributed by atoms with Crippen LogP contribution in [0.5, 0.6) is 11.8 Å². The maximum Gasteiger partial charge on any atom is 0.319 e. The molecule has 4 aromatic rings. The number of phenolic OH excluding ortho intramolecular Hbond substituents is 1. The number of phenols is 1. The Bertz CT molecular complexity index is 1950. The van der Waals surface area contributed by atoms with Gasteiger partial charge in [0.15, 0.2) is 17.5 Å². The molecular formula is C34H32ClF4N5O3. The van der Waals surface area contributed by atoms with Crippen molar-refractivity contribution >= 4 is 44.8 Å². The molecule has 0 spiro atoms. The molecule has 3 aliphatic heterocycles. The zero-order valence-corrected chi connectivity index (χ0v) is 26.3. The molecule has 1 aliphatic carbocycles. The zero-order chi connectivity index (χ0) is 32.6. The van der Waals surface area contributed by atoms with E-state index in [-0.39, 0.29) is 62.6 Å². The van der Waals surface area contributed by atoms with E-state index in [0.29, 0.717) is 37.3 Å². The van der Waals surface area contributed by atoms with Crippen LogP contribution in [-0.2, 0) is 4.84 Å². The quantitative estimate of drug-likeness (QED) is 0.174. The number of rotatable bonds is 6. The standard InChI is InChI=1S/C34H32ClF4N5O3/c1-46-42-30-18-3-4-19(30)14-43(13-18)32-23-11-24(35)27(22-10-21(45)9-17-5-6-25(37)28(38)26(17)22)29(39)31(23)40-33(41-32)47-16-34-7-2-8-44(34)15-20(36)12-34/h5-6,9-11,18-20,45H,2-4,7-8,12-16H2,1H3/t18?,19?,20-,34+/m1/s1. The van der Waals surface area contributed by atoms with E-state index >= 15 is 8.78 Å². The molecule has 3 saturated heterocycles. The lowest BCUT2D eigenvalue weighted by Gasteiger charge is -2.34. The molecule has 4 heterocycles. The number of piperidine rings is 1. The van der Waals surface area contributed by atoms with Gasteiger partial charge in [-0.25, -0.2) is 17.6 Å². The van der Waals surface area contributed by atoms with E-state index < -0.39 is 29.2 Å². The summed E-state index contributed by atoms with van der Waals surface area (Å²) in [5, 5.41) is 14.9. The molecule has 0 radical (unpaired) electrons. The third-order valence-corrected chi connectivity index (χ3v) is 10.7. The van der Waals surface area contributed by atoms with Crippen LogP contribution < -0.4 is 9.64 Å². The highest BCUT2D eigenvalue weighted by Gasteiger charge is 2.49. The zero-order valence-electron chi connectivity index (χ0n) is 25.6. The van der Waals surface area contributed by atoms with Crippen molar-refractivity contribution in [2.75, 3.05) is 44.8 Å². The highest BCUT2D eigenvalue weighted by atomic mass is 35.5. The fourth-order valence-corrected chi connectivity index (χ4v) is 8.67. The van der Waals surface area contributed by atoms with Crippen LogP contribution in [0, 0.1) is 29.3 Å². The number of hydrogen-bond donors (Lipinski definition) is 1. The van der Waals surface area contributed by atoms with Gasteiger partial charge in [-0.1, -0.05) is 22.8 Å². The number of aromatic hydroxyl groups is 1. The fourth-order valence-electron chi connectivity index (χ4n) is 8.37. The molecule has 4 atom stereocenters. The SMILES string of the molecule is CON=C1C2CCC1CN(c1nc(OC[C@@]34CCCN3C[C@H](F)C4)nc3c(F)c(-c4cc(O)cc5ccc(F)c(F)c45)c(Cl)cc13)C2. The first-order valence-corrected chi connectivity index (χ1v) is 16.2. The molecule has 4 fully saturated rings. The van der Waals surface area contributed by atoms with Gasteiger partial charge in [0.2, 0.25) is 0 Å². The molecule has 4 aliphatic rings. The summed E-state index contributed by atoms with van der Waals surface area (Å²) in [6, 6.07) is 6.11. The molecule has 0 amide bonds. The second-order valence-electron chi connectivity index (χ2n) is 13.2. The Balaban J connectivity index is 1.28. The van der Waals surface area contributed by atoms with Crippen LogP contribution in [0.25, 0.3) is 32.8 Å². The van der Waals surface area contributed by atoms with Crippen molar-refractivity contribution in [3.63, 3.8) is 0 Å². The van der Waals surface area contributed by atoms with E-state index in [1.165, 1.54) is 25.3 Å². The van der Waals surface area contributed by atoms with Gasteiger partial charge < -0.3 is 19.6 Å². The number of halogens is 5. The lowest BCUT2D eigenvalue weighted by atomic mass is 9.94. The first-order chi connectivity index (χ1) is 22.7. The summed E-state index contributed by atoms with van der Waals surface area (Å²) < 4.78 is 67.3. The first-order valence-electron chi connectivity index (χ1n) is 15.8. The Hall–Kier alpha value is -3.90. The lowest BCUT2D eigenvalue weighted by molar-refractivity contribution is 0.107. The van der Waals surface area contributed by atoms with Gasteiger partial charge in [0.25, 0.3) is 0 Å². The van der Waals surface area contributed by atoms with Crippen molar-refractivity contribution in [1.82, 2.24) is 14.9 Å². The topological polar surface area (TPSA) is 83.3 Å². The van der Waals surface area contributed by atoms with Crippen molar-refractivity contribution in [3.8, 4) is 22.9 Å². The summed E-state index contributed by atoms with van der Waals surface area (Å²) in [5.41, 5.74) is 0.0137. The van der Waals surface area contributed by atoms with Crippen LogP contribution in [0.3, 0.4) is 0 Å². The molecule has 1 N–H and O–H groups in total. The Morgan fingerprint density at radius 3 is 2.62 bits per heavy atom. The summed E-state index contributed by atoms with van der Waals surface area (Å²) >= 11 is 6.77. The second kappa shape index (κ2) is 11.4. The van der Waals surface area contributed by atoms with E-state index in [4.69, 9.17) is 26.2 Å². The van der Waals surface area contributed by atoms with Crippen molar-refractivity contribution in [2.24, 2.45) is 17.0 Å². The van der Waals surface area contributed by atoms with Crippen molar-refractivity contribution in [1.29, 1.82) is 0 Å². The molecule has 2 bridgehead atoms. The van der Waals surface area contributed by atoms with E-state index in [2.05, 4.69) is 19.9 Å². The average molecular weight is 670 g/mol. The molecule has 8 rings (SSSR count). The van der Waals surface area contributed by atoms with Crippen LogP contribution in [-0.4, -0.2) is 77.3 Å². The second-order valence-corrected chi connectivity index (χ2v) is 13.6. The average Bonchev–Trinajstić information content (AvgIpc) is 3.63. The third-order valence-electron chi connectivity index (χ3n) is 10.4. The van der Waals surface area contributed by atoms with Gasteiger partial charge in [0.1, 0.15) is 37.0 Å². The predicted molar refractivity (Wildman–Crippen MR) is 170 cm³/mol. The first kappa shape index (κ1) is 30.4. The van der Waals surface area contributed by atoms with Gasteiger partial charge in [-0.3, -0.25) is 4.90 Å². The molecule has 13 heteroatoms. The minimum Gasteiger partial charge on any atom is -0.508 e. The smallest absolute Gasteiger partial charge is 0.319 e. The number of fused-ring (bicyclic) bond motifs is 5. The molecular weight excluding hydrogens is 638 g/mol. The molecule has 1 aromatic heterocycles. The minimum atomic E-state index is -1.19. The Morgan fingerprint density at radius 1 is 1.06 bits per heavy atom. The summed E-state index contributed by atoms with van der Waals surface area (Å²) in [6.07, 6.45) is 2.92. The van der Waals surface area contributed by atoms with Crippen LogP contribution in [0.2, 0.25) is 5.02 Å². The van der Waals surface area contributed by atoms with Crippen LogP contribution in [0.15, 0.2) is 35.5 Å². The largest absolute Gasteiger partial charge is 0.508 e. The van der Waals surface area contributed by atoms with Crippen molar-refractivity contribution in [2.45, 2.75) is 43.8 Å². The van der Waals surface area contributed by atoms with Crippen LogP contribution in [0.1, 0.15) is 32.1 Å². The van der Waals surface area contributed by atoms with Gasteiger partial charge in [-0.05, 0) is 61.9 Å². The number of hydrogen-bond acceptors (Lipinski definition) is 8. The molecule has 246 valence electrons. The van der Waals surface area contributed by atoms with Gasteiger partial charge in [-0.15, -0.1) is 0 Å². The lowest BCUT2D eigenvalue weighted by Crippen LogP contribution is -2.44. The van der Waals surface area contributed by atoms with E-state index in [1.807, 2.05) is 0 Å². The number of benzene rings is 3. The number of alkyl halides is 1. The molecule has 1 saturated carbocycles. The third kappa shape index (κ3) is 4.94. The Labute approximate surface area is 272 Å². The monoisotopic (exact) mass is 669 g/mol. The summed E-state index contributed by atoms with van der Waals surface area (Å²) in [6.45, 7) is 2.36. The maximum atomic E-state index is 16.9. The number of anilines is 1. The Morgan fingerprint density at radius 2 is 1.85 bits per heavy atom. The van der Waals surface area contributed by atoms with Crippen molar-refractivity contribution in [3.05, 3.63) is 52.8 Å². The number of nitrogens with zero attached hydrogens (tertiary/aromatic N) is 5. The Kier molecular flexibility index (Phi) is 7.36. The summed E-state index contributed by atoms with van der Waals surface area (Å²) in [4.78, 5) is 18.6. The molecule has 47 heavy (non-hydrogen) atoms. The van der Waals surface area contributed by atoms with Crippen LogP contribution in [0.4, 0.5) is 23.4 Å². The van der Waals surface area contributed by atoms with Gasteiger partial charge >= 0.3 is 6.01 Å². The van der Waals surface area contributed by atoms with Gasteiger partial charge in [-0.2, -0.15) is 9.97 Å². The van der Waals surface area contributed by atoms with E-state index in [9.17, 15) is 13.9 Å². The van der Waals surface area contributed by atoms with E-state index in [1.54, 1.807) is 0 Å². The van der Waals surface area contributed by atoms with Crippen LogP contribution >= 0.6 is 11.6 Å². The highest BCUT2D eigenvalue weighted by Crippen LogP contribution is 2.45. The molecule has 2 unspecified atom stereocenters. The number of aromatic nitrogens is 2. The normalized spacial score (nSPS) is 25.6. The van der Waals surface area contributed by atoms with E-state index in [0.717, 1.165) is 50.1 Å². The van der Waals surface area contributed by atoms with Crippen molar-refractivity contribution < 1.29 is 32.2 Å². The predicted octanol–water partition coefficient (Wildman–Crippen LogP) is 7.03. The van der Waals surface area contributed by atoms with Gasteiger partial charge in [0.05, 0.1) is 16.3 Å². The number of ether oxygens (including phenoxy) is 1. The molecule has 8 nitrogen and oxygen atoms in total. The summed E-state index contributed by atoms with van der Waals surface area (Å²) in [7, 11) is 1.53. The molecule has 3 aromatic carbocycles.